The van der Waals surface area contributed by atoms with Gasteiger partial charge in [0.2, 0.25) is 0 Å². The number of amides is 1. The van der Waals surface area contributed by atoms with Gasteiger partial charge in [-0.05, 0) is 61.8 Å². The molecule has 2 aromatic rings. The van der Waals surface area contributed by atoms with E-state index in [1.165, 1.54) is 28.2 Å². The van der Waals surface area contributed by atoms with E-state index in [0.717, 1.165) is 29.7 Å². The average molecular weight is 357 g/mol. The summed E-state index contributed by atoms with van der Waals surface area (Å²) >= 11 is 1.50. The second-order valence-electron chi connectivity index (χ2n) is 6.80. The van der Waals surface area contributed by atoms with Crippen molar-refractivity contribution in [3.63, 3.8) is 0 Å². The van der Waals surface area contributed by atoms with Crippen LogP contribution in [0.15, 0.2) is 24.3 Å². The molecule has 0 fully saturated rings. The van der Waals surface area contributed by atoms with E-state index in [2.05, 4.69) is 12.2 Å². The molecule has 4 nitrogen and oxygen atoms in total. The first-order valence-electron chi connectivity index (χ1n) is 8.59. The van der Waals surface area contributed by atoms with Crippen molar-refractivity contribution >= 4 is 28.9 Å². The monoisotopic (exact) mass is 357 g/mol. The summed E-state index contributed by atoms with van der Waals surface area (Å²) in [5.41, 5.74) is 4.01. The van der Waals surface area contributed by atoms with E-state index >= 15 is 0 Å². The van der Waals surface area contributed by atoms with Crippen molar-refractivity contribution < 1.29 is 14.3 Å². The number of fused-ring (bicyclic) bond motifs is 1. The van der Waals surface area contributed by atoms with E-state index in [0.29, 0.717) is 10.8 Å². The Kier molecular flexibility index (Phi) is 5.23. The van der Waals surface area contributed by atoms with Crippen molar-refractivity contribution in [2.45, 2.75) is 40.0 Å². The molecule has 3 rings (SSSR count). The Morgan fingerprint density at radius 2 is 2.00 bits per heavy atom. The minimum Gasteiger partial charge on any atom is -0.451 e. The maximum absolute atomic E-state index is 12.2. The molecule has 1 aromatic carbocycles. The minimum atomic E-state index is -0.413. The zero-order valence-electron chi connectivity index (χ0n) is 14.8. The molecular weight excluding hydrogens is 334 g/mol. The van der Waals surface area contributed by atoms with Crippen LogP contribution in [0.3, 0.4) is 0 Å². The van der Waals surface area contributed by atoms with Gasteiger partial charge in [0.25, 0.3) is 5.91 Å². The third-order valence-electron chi connectivity index (χ3n) is 4.61. The molecule has 1 N–H and O–H groups in total. The quantitative estimate of drug-likeness (QED) is 0.831. The average Bonchev–Trinajstić information content (AvgIpc) is 2.99. The second kappa shape index (κ2) is 7.40. The normalized spacial score (nSPS) is 16.2. The number of nitrogens with one attached hydrogen (secondary N) is 1. The highest BCUT2D eigenvalue weighted by molar-refractivity contribution is 7.14. The van der Waals surface area contributed by atoms with Crippen LogP contribution in [0.1, 0.15) is 44.6 Å². The molecular formula is C20H23NO3S. The molecule has 0 saturated heterocycles. The fraction of sp³-hybridized carbons (Fsp3) is 0.400. The number of aryl methyl sites for hydroxylation is 3. The van der Waals surface area contributed by atoms with Crippen molar-refractivity contribution in [1.82, 2.24) is 0 Å². The molecule has 0 radical (unpaired) electrons. The highest BCUT2D eigenvalue weighted by atomic mass is 32.1. The summed E-state index contributed by atoms with van der Waals surface area (Å²) in [4.78, 5) is 26.2. The van der Waals surface area contributed by atoms with Crippen LogP contribution < -0.4 is 5.32 Å². The van der Waals surface area contributed by atoms with Gasteiger partial charge in [-0.3, -0.25) is 4.79 Å². The third kappa shape index (κ3) is 4.10. The van der Waals surface area contributed by atoms with Gasteiger partial charge in [0.1, 0.15) is 4.88 Å². The lowest BCUT2D eigenvalue weighted by molar-refractivity contribution is -0.119. The maximum atomic E-state index is 12.2. The van der Waals surface area contributed by atoms with Gasteiger partial charge >= 0.3 is 5.97 Å². The third-order valence-corrected chi connectivity index (χ3v) is 5.83. The molecule has 1 aromatic heterocycles. The van der Waals surface area contributed by atoms with Crippen molar-refractivity contribution in [2.75, 3.05) is 11.9 Å². The molecule has 0 unspecified atom stereocenters. The fourth-order valence-electron chi connectivity index (χ4n) is 3.20. The number of carbonyl (C=O) groups excluding carboxylic acids is 2. The number of ether oxygens (including phenoxy) is 1. The summed E-state index contributed by atoms with van der Waals surface area (Å²) < 4.78 is 5.21. The molecule has 1 heterocycles. The second-order valence-corrected chi connectivity index (χ2v) is 7.93. The number of thiophene rings is 1. The summed E-state index contributed by atoms with van der Waals surface area (Å²) in [7, 11) is 0. The minimum absolute atomic E-state index is 0.272. The van der Waals surface area contributed by atoms with Crippen LogP contribution in [0.4, 0.5) is 5.69 Å². The summed E-state index contributed by atoms with van der Waals surface area (Å²) in [6.45, 7) is 5.83. The lowest BCUT2D eigenvalue weighted by atomic mass is 9.90. The Hall–Kier alpha value is -2.14. The van der Waals surface area contributed by atoms with Crippen LogP contribution in [0.2, 0.25) is 0 Å². The first-order chi connectivity index (χ1) is 11.9. The largest absolute Gasteiger partial charge is 0.451 e. The Labute approximate surface area is 152 Å². The fourth-order valence-corrected chi connectivity index (χ4v) is 4.30. The van der Waals surface area contributed by atoms with Crippen LogP contribution in [0, 0.1) is 19.8 Å². The van der Waals surface area contributed by atoms with Crippen LogP contribution in [-0.2, 0) is 22.4 Å². The zero-order valence-corrected chi connectivity index (χ0v) is 15.7. The standard InChI is InChI=1S/C20H23NO3S/c1-12-7-8-16-15(9-12)10-17(25-16)20(23)24-11-18(22)21-19-13(2)5-4-6-14(19)3/h4-6,10,12H,7-9,11H2,1-3H3,(H,21,22)/t12-/m0/s1. The van der Waals surface area contributed by atoms with Crippen molar-refractivity contribution in [1.29, 1.82) is 0 Å². The lowest BCUT2D eigenvalue weighted by Gasteiger charge is -2.16. The molecule has 1 aliphatic rings. The highest BCUT2D eigenvalue weighted by Gasteiger charge is 2.21. The molecule has 0 aliphatic heterocycles. The van der Waals surface area contributed by atoms with Crippen LogP contribution in [0.25, 0.3) is 0 Å². The summed E-state index contributed by atoms with van der Waals surface area (Å²) in [6, 6.07) is 7.75. The van der Waals surface area contributed by atoms with Gasteiger partial charge in [0, 0.05) is 10.6 Å². The molecule has 132 valence electrons. The van der Waals surface area contributed by atoms with Gasteiger partial charge in [-0.25, -0.2) is 4.79 Å². The summed E-state index contributed by atoms with van der Waals surface area (Å²) in [6.07, 6.45) is 3.22. The Morgan fingerprint density at radius 3 is 2.72 bits per heavy atom. The number of hydrogen-bond donors (Lipinski definition) is 1. The SMILES string of the molecule is Cc1cccc(C)c1NC(=O)COC(=O)c1cc2c(s1)CC[C@H](C)C2. The Balaban J connectivity index is 1.58. The summed E-state index contributed by atoms with van der Waals surface area (Å²) in [5, 5.41) is 2.83. The Bertz CT molecular complexity index is 789. The number of para-hydroxylation sites is 1. The van der Waals surface area contributed by atoms with Gasteiger partial charge in [0.05, 0.1) is 0 Å². The van der Waals surface area contributed by atoms with Crippen LogP contribution in [0.5, 0.6) is 0 Å². The molecule has 1 amide bonds. The number of esters is 1. The van der Waals surface area contributed by atoms with Gasteiger partial charge in [-0.15, -0.1) is 11.3 Å². The number of rotatable bonds is 4. The number of benzene rings is 1. The van der Waals surface area contributed by atoms with E-state index in [9.17, 15) is 9.59 Å². The molecule has 0 bridgehead atoms. The lowest BCUT2D eigenvalue weighted by Crippen LogP contribution is -2.21. The van der Waals surface area contributed by atoms with Gasteiger partial charge in [0.15, 0.2) is 6.61 Å². The topological polar surface area (TPSA) is 55.4 Å². The molecule has 0 spiro atoms. The molecule has 1 aliphatic carbocycles. The highest BCUT2D eigenvalue weighted by Crippen LogP contribution is 2.32. The van der Waals surface area contributed by atoms with E-state index < -0.39 is 5.97 Å². The molecule has 1 atom stereocenters. The molecule has 25 heavy (non-hydrogen) atoms. The van der Waals surface area contributed by atoms with Crippen molar-refractivity contribution in [3.05, 3.63) is 50.7 Å². The predicted octanol–water partition coefficient (Wildman–Crippen LogP) is 4.29. The van der Waals surface area contributed by atoms with Crippen LogP contribution in [-0.4, -0.2) is 18.5 Å². The van der Waals surface area contributed by atoms with Gasteiger partial charge in [-0.2, -0.15) is 0 Å². The Morgan fingerprint density at radius 1 is 1.28 bits per heavy atom. The van der Waals surface area contributed by atoms with E-state index in [4.69, 9.17) is 4.74 Å². The molecule has 5 heteroatoms. The first kappa shape index (κ1) is 17.7. The zero-order chi connectivity index (χ0) is 18.0. The van der Waals surface area contributed by atoms with E-state index in [1.54, 1.807) is 0 Å². The molecule has 0 saturated carbocycles. The van der Waals surface area contributed by atoms with Gasteiger partial charge < -0.3 is 10.1 Å². The predicted molar refractivity (Wildman–Crippen MR) is 100 cm³/mol. The smallest absolute Gasteiger partial charge is 0.348 e. The van der Waals surface area contributed by atoms with Crippen LogP contribution >= 0.6 is 11.3 Å². The van der Waals surface area contributed by atoms with Gasteiger partial charge in [-0.1, -0.05) is 25.1 Å². The van der Waals surface area contributed by atoms with Crippen molar-refractivity contribution in [2.24, 2.45) is 5.92 Å². The first-order valence-corrected chi connectivity index (χ1v) is 9.40. The number of hydrogen-bond acceptors (Lipinski definition) is 4. The number of carbonyl (C=O) groups is 2. The van der Waals surface area contributed by atoms with Crippen molar-refractivity contribution in [3.8, 4) is 0 Å². The summed E-state index contributed by atoms with van der Waals surface area (Å²) in [5.74, 6) is -0.0708. The number of anilines is 1. The van der Waals surface area contributed by atoms with E-state index in [-0.39, 0.29) is 12.5 Å². The maximum Gasteiger partial charge on any atom is 0.348 e. The van der Waals surface area contributed by atoms with E-state index in [1.807, 2.05) is 38.1 Å².